The van der Waals surface area contributed by atoms with Crippen LogP contribution < -0.4 is 5.73 Å². The van der Waals surface area contributed by atoms with Crippen LogP contribution in [-0.4, -0.2) is 6.54 Å². The van der Waals surface area contributed by atoms with Crippen molar-refractivity contribution in [1.29, 1.82) is 0 Å². The lowest BCUT2D eigenvalue weighted by molar-refractivity contribution is 0.0312. The maximum atomic E-state index is 5.70. The molecule has 2 N–H and O–H groups in total. The van der Waals surface area contributed by atoms with Crippen molar-refractivity contribution in [3.05, 3.63) is 35.4 Å². The van der Waals surface area contributed by atoms with Crippen LogP contribution in [0, 0.1) is 5.92 Å². The van der Waals surface area contributed by atoms with Crippen LogP contribution in [-0.2, 0) is 11.3 Å². The van der Waals surface area contributed by atoms with Gasteiger partial charge in [-0.1, -0.05) is 31.2 Å². The van der Waals surface area contributed by atoms with Crippen molar-refractivity contribution >= 4 is 0 Å². The molecule has 0 amide bonds. The molecule has 0 fully saturated rings. The Kier molecular flexibility index (Phi) is 2.34. The molecule has 0 aromatic heterocycles. The van der Waals surface area contributed by atoms with Crippen LogP contribution in [0.15, 0.2) is 24.3 Å². The fraction of sp³-hybridized carbons (Fsp3) is 0.455. The molecule has 0 saturated carbocycles. The minimum absolute atomic E-state index is 0.209. The van der Waals surface area contributed by atoms with Crippen LogP contribution in [0.4, 0.5) is 0 Å². The predicted molar refractivity (Wildman–Crippen MR) is 52.2 cm³/mol. The Morgan fingerprint density at radius 3 is 3.08 bits per heavy atom. The van der Waals surface area contributed by atoms with Gasteiger partial charge in [0.25, 0.3) is 0 Å². The fourth-order valence-corrected chi connectivity index (χ4v) is 1.81. The van der Waals surface area contributed by atoms with Gasteiger partial charge in [-0.2, -0.15) is 0 Å². The minimum Gasteiger partial charge on any atom is -0.368 e. The van der Waals surface area contributed by atoms with Crippen LogP contribution in [0.3, 0.4) is 0 Å². The Balaban J connectivity index is 2.28. The van der Waals surface area contributed by atoms with E-state index in [0.717, 1.165) is 6.61 Å². The summed E-state index contributed by atoms with van der Waals surface area (Å²) in [5.41, 5.74) is 8.26. The average molecular weight is 177 g/mol. The molecule has 1 heterocycles. The summed E-state index contributed by atoms with van der Waals surface area (Å²) in [6.07, 6.45) is 0.209. The van der Waals surface area contributed by atoms with Gasteiger partial charge in [-0.3, -0.25) is 0 Å². The fourth-order valence-electron chi connectivity index (χ4n) is 1.81. The third-order valence-corrected chi connectivity index (χ3v) is 2.67. The largest absolute Gasteiger partial charge is 0.368 e. The predicted octanol–water partition coefficient (Wildman–Crippen LogP) is 1.85. The highest BCUT2D eigenvalue weighted by Gasteiger charge is 2.26. The molecule has 0 saturated heterocycles. The van der Waals surface area contributed by atoms with Gasteiger partial charge < -0.3 is 10.5 Å². The third-order valence-electron chi connectivity index (χ3n) is 2.67. The van der Waals surface area contributed by atoms with E-state index in [1.54, 1.807) is 0 Å². The van der Waals surface area contributed by atoms with E-state index in [0.29, 0.717) is 12.5 Å². The minimum atomic E-state index is 0.209. The molecule has 2 nitrogen and oxygen atoms in total. The van der Waals surface area contributed by atoms with Crippen molar-refractivity contribution in [3.63, 3.8) is 0 Å². The molecule has 1 aliphatic rings. The number of hydrogen-bond donors (Lipinski definition) is 1. The van der Waals surface area contributed by atoms with Gasteiger partial charge in [-0.25, -0.2) is 0 Å². The van der Waals surface area contributed by atoms with Gasteiger partial charge >= 0.3 is 0 Å². The van der Waals surface area contributed by atoms with Gasteiger partial charge in [0, 0.05) is 0 Å². The molecule has 0 radical (unpaired) electrons. The number of rotatable bonds is 2. The first-order valence-electron chi connectivity index (χ1n) is 4.72. The molecule has 70 valence electrons. The summed E-state index contributed by atoms with van der Waals surface area (Å²) in [6.45, 7) is 3.55. The van der Waals surface area contributed by atoms with E-state index in [2.05, 4.69) is 31.2 Å². The highest BCUT2D eigenvalue weighted by molar-refractivity contribution is 5.31. The van der Waals surface area contributed by atoms with Crippen LogP contribution in [0.2, 0.25) is 0 Å². The summed E-state index contributed by atoms with van der Waals surface area (Å²) >= 11 is 0. The Morgan fingerprint density at radius 2 is 2.31 bits per heavy atom. The highest BCUT2D eigenvalue weighted by atomic mass is 16.5. The third kappa shape index (κ3) is 1.47. The molecule has 1 aromatic rings. The van der Waals surface area contributed by atoms with Crippen molar-refractivity contribution in [1.82, 2.24) is 0 Å². The zero-order valence-electron chi connectivity index (χ0n) is 7.86. The van der Waals surface area contributed by atoms with E-state index in [-0.39, 0.29) is 6.10 Å². The maximum Gasteiger partial charge on any atom is 0.0870 e. The first-order valence-corrected chi connectivity index (χ1v) is 4.72. The van der Waals surface area contributed by atoms with Gasteiger partial charge in [0.05, 0.1) is 12.7 Å². The van der Waals surface area contributed by atoms with E-state index >= 15 is 0 Å². The molecular formula is C11H15NO. The van der Waals surface area contributed by atoms with Crippen LogP contribution in [0.1, 0.15) is 24.2 Å². The van der Waals surface area contributed by atoms with Gasteiger partial charge in [-0.05, 0) is 23.6 Å². The summed E-state index contributed by atoms with van der Waals surface area (Å²) in [5, 5.41) is 0. The average Bonchev–Trinajstić information content (AvgIpc) is 2.60. The van der Waals surface area contributed by atoms with Gasteiger partial charge in [-0.15, -0.1) is 0 Å². The summed E-state index contributed by atoms with van der Waals surface area (Å²) in [4.78, 5) is 0. The Hall–Kier alpha value is -0.860. The lowest BCUT2D eigenvalue weighted by atomic mass is 9.96. The molecule has 2 atom stereocenters. The van der Waals surface area contributed by atoms with Crippen molar-refractivity contribution in [2.45, 2.75) is 19.6 Å². The second-order valence-electron chi connectivity index (χ2n) is 3.64. The highest BCUT2D eigenvalue weighted by Crippen LogP contribution is 2.35. The van der Waals surface area contributed by atoms with Crippen molar-refractivity contribution in [2.75, 3.05) is 6.54 Å². The van der Waals surface area contributed by atoms with Gasteiger partial charge in [0.15, 0.2) is 0 Å². The SMILES string of the molecule is CC(CN)C1OCc2ccccc21. The lowest BCUT2D eigenvalue weighted by Crippen LogP contribution is -2.18. The normalized spacial score (nSPS) is 22.8. The maximum absolute atomic E-state index is 5.70. The molecule has 0 aliphatic carbocycles. The topological polar surface area (TPSA) is 35.2 Å². The Morgan fingerprint density at radius 1 is 1.54 bits per heavy atom. The number of fused-ring (bicyclic) bond motifs is 1. The molecular weight excluding hydrogens is 162 g/mol. The monoisotopic (exact) mass is 177 g/mol. The summed E-state index contributed by atoms with van der Waals surface area (Å²) in [7, 11) is 0. The molecule has 1 aromatic carbocycles. The van der Waals surface area contributed by atoms with Crippen molar-refractivity contribution < 1.29 is 4.74 Å². The summed E-state index contributed by atoms with van der Waals surface area (Å²) in [6, 6.07) is 8.37. The van der Waals surface area contributed by atoms with E-state index in [4.69, 9.17) is 10.5 Å². The summed E-state index contributed by atoms with van der Waals surface area (Å²) < 4.78 is 5.70. The first-order chi connectivity index (χ1) is 6.33. The quantitative estimate of drug-likeness (QED) is 0.748. The Labute approximate surface area is 78.7 Å². The standard InChI is InChI=1S/C11H15NO/c1-8(6-12)11-10-5-3-2-4-9(10)7-13-11/h2-5,8,11H,6-7,12H2,1H3. The molecule has 2 rings (SSSR count). The van der Waals surface area contributed by atoms with Crippen LogP contribution in [0.5, 0.6) is 0 Å². The zero-order valence-corrected chi connectivity index (χ0v) is 7.86. The zero-order chi connectivity index (χ0) is 9.26. The van der Waals surface area contributed by atoms with Gasteiger partial charge in [0.2, 0.25) is 0 Å². The number of ether oxygens (including phenoxy) is 1. The second kappa shape index (κ2) is 3.48. The van der Waals surface area contributed by atoms with Crippen LogP contribution in [0.25, 0.3) is 0 Å². The van der Waals surface area contributed by atoms with E-state index in [9.17, 15) is 0 Å². The molecule has 0 spiro atoms. The number of nitrogens with two attached hydrogens (primary N) is 1. The van der Waals surface area contributed by atoms with Crippen molar-refractivity contribution in [3.8, 4) is 0 Å². The number of benzene rings is 1. The smallest absolute Gasteiger partial charge is 0.0870 e. The first kappa shape index (κ1) is 8.73. The number of hydrogen-bond acceptors (Lipinski definition) is 2. The van der Waals surface area contributed by atoms with E-state index < -0.39 is 0 Å². The van der Waals surface area contributed by atoms with E-state index in [1.165, 1.54) is 11.1 Å². The van der Waals surface area contributed by atoms with E-state index in [1.807, 2.05) is 0 Å². The summed E-state index contributed by atoms with van der Waals surface area (Å²) in [5.74, 6) is 0.406. The van der Waals surface area contributed by atoms with Crippen LogP contribution >= 0.6 is 0 Å². The van der Waals surface area contributed by atoms with Gasteiger partial charge in [0.1, 0.15) is 0 Å². The van der Waals surface area contributed by atoms with Crippen molar-refractivity contribution in [2.24, 2.45) is 11.7 Å². The lowest BCUT2D eigenvalue weighted by Gasteiger charge is -2.17. The molecule has 2 heteroatoms. The molecule has 1 aliphatic heterocycles. The molecule has 13 heavy (non-hydrogen) atoms. The molecule has 2 unspecified atom stereocenters. The molecule has 0 bridgehead atoms. The second-order valence-corrected chi connectivity index (χ2v) is 3.64. The Bertz CT molecular complexity index is 298.